The van der Waals surface area contributed by atoms with E-state index in [0.717, 1.165) is 6.42 Å². The summed E-state index contributed by atoms with van der Waals surface area (Å²) in [5, 5.41) is 9.40. The van der Waals surface area contributed by atoms with Crippen LogP contribution in [0.15, 0.2) is 18.3 Å². The summed E-state index contributed by atoms with van der Waals surface area (Å²) >= 11 is 0. The van der Waals surface area contributed by atoms with Gasteiger partial charge in [-0.25, -0.2) is 14.2 Å². The van der Waals surface area contributed by atoms with Gasteiger partial charge in [-0.3, -0.25) is 4.40 Å². The molecule has 0 unspecified atom stereocenters. The van der Waals surface area contributed by atoms with Crippen molar-refractivity contribution in [2.75, 3.05) is 0 Å². The highest BCUT2D eigenvalue weighted by Crippen LogP contribution is 2.28. The number of pyridine rings is 1. The maximum atomic E-state index is 13.8. The van der Waals surface area contributed by atoms with Crippen molar-refractivity contribution in [3.05, 3.63) is 35.5 Å². The van der Waals surface area contributed by atoms with Gasteiger partial charge in [-0.1, -0.05) is 32.1 Å². The number of carboxylic acids is 1. The Morgan fingerprint density at radius 1 is 1.38 bits per heavy atom. The fourth-order valence-electron chi connectivity index (χ4n) is 3.30. The fourth-order valence-corrected chi connectivity index (χ4v) is 3.30. The zero-order valence-corrected chi connectivity index (χ0v) is 11.9. The summed E-state index contributed by atoms with van der Waals surface area (Å²) < 4.78 is 15.1. The average molecular weight is 290 g/mol. The number of imidazole rings is 1. The third-order valence-electron chi connectivity index (χ3n) is 4.39. The second-order valence-corrected chi connectivity index (χ2v) is 5.80. The molecule has 2 heterocycles. The van der Waals surface area contributed by atoms with Gasteiger partial charge in [0.25, 0.3) is 0 Å². The van der Waals surface area contributed by atoms with Crippen molar-refractivity contribution in [3.8, 4) is 0 Å². The number of aryl methyl sites for hydroxylation is 1. The summed E-state index contributed by atoms with van der Waals surface area (Å²) in [6, 6.07) is 2.81. The fraction of sp³-hybridized carbons (Fsp3) is 0.500. The minimum atomic E-state index is -1.05. The molecule has 0 saturated heterocycles. The van der Waals surface area contributed by atoms with Crippen LogP contribution in [0.2, 0.25) is 0 Å². The molecule has 0 aliphatic heterocycles. The van der Waals surface area contributed by atoms with Crippen molar-refractivity contribution in [1.29, 1.82) is 0 Å². The highest BCUT2D eigenvalue weighted by Gasteiger charge is 2.21. The van der Waals surface area contributed by atoms with Crippen LogP contribution < -0.4 is 0 Å². The molecule has 4 nitrogen and oxygen atoms in total. The number of hydrogen-bond donors (Lipinski definition) is 1. The Bertz CT molecular complexity index is 660. The lowest BCUT2D eigenvalue weighted by Gasteiger charge is -2.20. The predicted molar refractivity (Wildman–Crippen MR) is 77.0 cm³/mol. The number of carbonyl (C=O) groups is 1. The van der Waals surface area contributed by atoms with Gasteiger partial charge in [0, 0.05) is 6.20 Å². The molecule has 3 rings (SSSR count). The Labute approximate surface area is 122 Å². The van der Waals surface area contributed by atoms with Gasteiger partial charge in [0.1, 0.15) is 0 Å². The largest absolute Gasteiger partial charge is 0.477 e. The van der Waals surface area contributed by atoms with Gasteiger partial charge in [0.15, 0.2) is 17.2 Å². The number of fused-ring (bicyclic) bond motifs is 1. The first-order chi connectivity index (χ1) is 10.2. The molecule has 2 aromatic rings. The number of hydrogen-bond acceptors (Lipinski definition) is 2. The molecule has 1 saturated carbocycles. The van der Waals surface area contributed by atoms with Crippen LogP contribution in [0.4, 0.5) is 4.39 Å². The standard InChI is InChI=1S/C16H19FN2O2/c17-12-7-4-10-19-14(16(20)21)13(18-15(12)19)9-8-11-5-2-1-3-6-11/h4,7,10-11H,1-3,5-6,8-9H2,(H,20,21). The Kier molecular flexibility index (Phi) is 3.90. The van der Waals surface area contributed by atoms with Crippen LogP contribution in [0.3, 0.4) is 0 Å². The normalized spacial score (nSPS) is 16.4. The van der Waals surface area contributed by atoms with E-state index < -0.39 is 11.8 Å². The molecule has 0 amide bonds. The molecule has 112 valence electrons. The quantitative estimate of drug-likeness (QED) is 0.934. The highest BCUT2D eigenvalue weighted by atomic mass is 19.1. The lowest BCUT2D eigenvalue weighted by molar-refractivity contribution is 0.0688. The van der Waals surface area contributed by atoms with E-state index in [9.17, 15) is 14.3 Å². The van der Waals surface area contributed by atoms with Crippen molar-refractivity contribution < 1.29 is 14.3 Å². The number of aromatic carboxylic acids is 1. The molecule has 1 aliphatic carbocycles. The Hall–Kier alpha value is -1.91. The number of aromatic nitrogens is 2. The molecule has 0 aromatic carbocycles. The summed E-state index contributed by atoms with van der Waals surface area (Å²) in [5.74, 6) is -0.884. The molecule has 1 aliphatic rings. The number of halogens is 1. The van der Waals surface area contributed by atoms with Gasteiger partial charge in [-0.2, -0.15) is 0 Å². The van der Waals surface area contributed by atoms with E-state index in [0.29, 0.717) is 18.0 Å². The zero-order valence-electron chi connectivity index (χ0n) is 11.9. The van der Waals surface area contributed by atoms with E-state index in [1.165, 1.54) is 48.6 Å². The molecule has 0 atom stereocenters. The smallest absolute Gasteiger partial charge is 0.354 e. The van der Waals surface area contributed by atoms with E-state index >= 15 is 0 Å². The monoisotopic (exact) mass is 290 g/mol. The third-order valence-corrected chi connectivity index (χ3v) is 4.39. The summed E-state index contributed by atoms with van der Waals surface area (Å²) in [7, 11) is 0. The highest BCUT2D eigenvalue weighted by molar-refractivity contribution is 5.88. The molecule has 1 N–H and O–H groups in total. The lowest BCUT2D eigenvalue weighted by atomic mass is 9.85. The summed E-state index contributed by atoms with van der Waals surface area (Å²) in [6.45, 7) is 0. The van der Waals surface area contributed by atoms with E-state index in [1.54, 1.807) is 6.20 Å². The molecular weight excluding hydrogens is 271 g/mol. The maximum Gasteiger partial charge on any atom is 0.354 e. The molecule has 21 heavy (non-hydrogen) atoms. The topological polar surface area (TPSA) is 54.6 Å². The minimum Gasteiger partial charge on any atom is -0.477 e. The van der Waals surface area contributed by atoms with Crippen molar-refractivity contribution in [3.63, 3.8) is 0 Å². The zero-order chi connectivity index (χ0) is 14.8. The van der Waals surface area contributed by atoms with Gasteiger partial charge >= 0.3 is 5.97 Å². The Morgan fingerprint density at radius 3 is 2.86 bits per heavy atom. The van der Waals surface area contributed by atoms with Crippen molar-refractivity contribution in [2.45, 2.75) is 44.9 Å². The van der Waals surface area contributed by atoms with Gasteiger partial charge in [0.2, 0.25) is 0 Å². The van der Waals surface area contributed by atoms with Gasteiger partial charge in [-0.05, 0) is 30.9 Å². The van der Waals surface area contributed by atoms with E-state index in [4.69, 9.17) is 0 Å². The van der Waals surface area contributed by atoms with Crippen LogP contribution in [0.5, 0.6) is 0 Å². The second-order valence-electron chi connectivity index (χ2n) is 5.80. The molecular formula is C16H19FN2O2. The summed E-state index contributed by atoms with van der Waals surface area (Å²) in [4.78, 5) is 15.7. The Morgan fingerprint density at radius 2 is 2.14 bits per heavy atom. The summed E-state index contributed by atoms with van der Waals surface area (Å²) in [6.07, 6.45) is 9.34. The van der Waals surface area contributed by atoms with Crippen molar-refractivity contribution in [1.82, 2.24) is 9.38 Å². The summed E-state index contributed by atoms with van der Waals surface area (Å²) in [5.41, 5.74) is 0.701. The van der Waals surface area contributed by atoms with Crippen LogP contribution in [-0.2, 0) is 6.42 Å². The first-order valence-electron chi connectivity index (χ1n) is 7.55. The molecule has 0 spiro atoms. The van der Waals surface area contributed by atoms with Crippen molar-refractivity contribution >= 4 is 11.6 Å². The van der Waals surface area contributed by atoms with Crippen molar-refractivity contribution in [2.24, 2.45) is 5.92 Å². The molecule has 0 radical (unpaired) electrons. The molecule has 0 bridgehead atoms. The third kappa shape index (κ3) is 2.77. The number of rotatable bonds is 4. The van der Waals surface area contributed by atoms with Crippen LogP contribution in [0.25, 0.3) is 5.65 Å². The van der Waals surface area contributed by atoms with Gasteiger partial charge in [-0.15, -0.1) is 0 Å². The molecule has 1 fully saturated rings. The SMILES string of the molecule is O=C(O)c1c(CCC2CCCCC2)nc2c(F)cccn12. The minimum absolute atomic E-state index is 0.0975. The van der Waals surface area contributed by atoms with Gasteiger partial charge < -0.3 is 5.11 Å². The lowest BCUT2D eigenvalue weighted by Crippen LogP contribution is -2.10. The average Bonchev–Trinajstić information content (AvgIpc) is 2.86. The van der Waals surface area contributed by atoms with Crippen LogP contribution >= 0.6 is 0 Å². The first kappa shape index (κ1) is 14.0. The van der Waals surface area contributed by atoms with Crippen LogP contribution in [0, 0.1) is 11.7 Å². The van der Waals surface area contributed by atoms with Gasteiger partial charge in [0.05, 0.1) is 5.69 Å². The van der Waals surface area contributed by atoms with E-state index in [1.807, 2.05) is 0 Å². The van der Waals surface area contributed by atoms with E-state index in [-0.39, 0.29) is 11.3 Å². The predicted octanol–water partition coefficient (Wildman–Crippen LogP) is 3.68. The molecule has 2 aromatic heterocycles. The number of nitrogens with zero attached hydrogens (tertiary/aromatic N) is 2. The molecule has 5 heteroatoms. The van der Waals surface area contributed by atoms with E-state index in [2.05, 4.69) is 4.98 Å². The van der Waals surface area contributed by atoms with Crippen LogP contribution in [0.1, 0.15) is 54.7 Å². The van der Waals surface area contributed by atoms with Crippen LogP contribution in [-0.4, -0.2) is 20.5 Å². The first-order valence-corrected chi connectivity index (χ1v) is 7.55. The Balaban J connectivity index is 1.88. The maximum absolute atomic E-state index is 13.8. The second kappa shape index (κ2) is 5.84. The number of carboxylic acid groups (broad SMARTS) is 1.